The molecule has 2 unspecified atom stereocenters. The molecular formula is C24H26O6S. The van der Waals surface area contributed by atoms with E-state index in [9.17, 15) is 19.8 Å². The van der Waals surface area contributed by atoms with Crippen LogP contribution in [0.4, 0.5) is 0 Å². The molecule has 2 aromatic rings. The molecule has 0 aromatic heterocycles. The summed E-state index contributed by atoms with van der Waals surface area (Å²) in [6.45, 7) is 6.48. The zero-order valence-corrected chi connectivity index (χ0v) is 17.9. The van der Waals surface area contributed by atoms with E-state index in [1.165, 1.54) is 0 Å². The molecule has 0 radical (unpaired) electrons. The molecule has 7 heteroatoms. The third kappa shape index (κ3) is 9.21. The molecule has 0 aliphatic rings. The molecule has 0 fully saturated rings. The summed E-state index contributed by atoms with van der Waals surface area (Å²) in [5.74, 6) is -1.11. The van der Waals surface area contributed by atoms with Crippen LogP contribution in [0.15, 0.2) is 83.6 Å². The highest BCUT2D eigenvalue weighted by Crippen LogP contribution is 2.28. The average molecular weight is 443 g/mol. The summed E-state index contributed by atoms with van der Waals surface area (Å²) in [5.41, 5.74) is 1.88. The van der Waals surface area contributed by atoms with Crippen molar-refractivity contribution in [1.29, 1.82) is 0 Å². The molecule has 2 N–H and O–H groups in total. The van der Waals surface area contributed by atoms with Crippen LogP contribution in [0.25, 0.3) is 0 Å². The van der Waals surface area contributed by atoms with Crippen molar-refractivity contribution in [2.45, 2.75) is 34.8 Å². The lowest BCUT2D eigenvalue weighted by Crippen LogP contribution is -2.20. The molecular weight excluding hydrogens is 416 g/mol. The second kappa shape index (κ2) is 12.7. The van der Waals surface area contributed by atoms with Gasteiger partial charge in [0.1, 0.15) is 13.2 Å². The molecule has 0 spiro atoms. The van der Waals surface area contributed by atoms with Crippen molar-refractivity contribution in [2.75, 3.05) is 13.2 Å². The van der Waals surface area contributed by atoms with Gasteiger partial charge >= 0.3 is 11.9 Å². The zero-order chi connectivity index (χ0) is 22.6. The minimum Gasteiger partial charge on any atom is -0.460 e. The SMILES string of the molecule is C=CC(=O)OCC(O)Cc1ccc(Sc2ccc(CC(O)COC(=O)C=C)cc2)cc1. The number of esters is 2. The number of aliphatic hydroxyl groups excluding tert-OH is 2. The van der Waals surface area contributed by atoms with E-state index in [0.717, 1.165) is 33.1 Å². The molecule has 2 atom stereocenters. The van der Waals surface area contributed by atoms with E-state index in [1.54, 1.807) is 11.8 Å². The molecule has 0 aliphatic heterocycles. The molecule has 0 aliphatic carbocycles. The van der Waals surface area contributed by atoms with Gasteiger partial charge in [0.05, 0.1) is 12.2 Å². The first-order chi connectivity index (χ1) is 14.9. The predicted octanol–water partition coefficient (Wildman–Crippen LogP) is 3.10. The summed E-state index contributed by atoms with van der Waals surface area (Å²) >= 11 is 1.59. The van der Waals surface area contributed by atoms with Gasteiger partial charge in [0.2, 0.25) is 0 Å². The van der Waals surface area contributed by atoms with Gasteiger partial charge in [-0.25, -0.2) is 9.59 Å². The summed E-state index contributed by atoms with van der Waals surface area (Å²) < 4.78 is 9.68. The Bertz CT molecular complexity index is 802. The van der Waals surface area contributed by atoms with Crippen LogP contribution in [0.1, 0.15) is 11.1 Å². The van der Waals surface area contributed by atoms with Crippen LogP contribution >= 0.6 is 11.8 Å². The Morgan fingerprint density at radius 1 is 0.774 bits per heavy atom. The van der Waals surface area contributed by atoms with Crippen molar-refractivity contribution < 1.29 is 29.3 Å². The van der Waals surface area contributed by atoms with Gasteiger partial charge in [0, 0.05) is 34.8 Å². The fourth-order valence-corrected chi connectivity index (χ4v) is 3.48. The minimum atomic E-state index is -0.773. The van der Waals surface area contributed by atoms with Crippen molar-refractivity contribution >= 4 is 23.7 Å². The van der Waals surface area contributed by atoms with Gasteiger partial charge in [0.15, 0.2) is 0 Å². The van der Waals surface area contributed by atoms with E-state index < -0.39 is 24.1 Å². The van der Waals surface area contributed by atoms with E-state index >= 15 is 0 Å². The Hall–Kier alpha value is -2.87. The quantitative estimate of drug-likeness (QED) is 0.385. The lowest BCUT2D eigenvalue weighted by atomic mass is 10.1. The van der Waals surface area contributed by atoms with Crippen LogP contribution in [0.2, 0.25) is 0 Å². The molecule has 31 heavy (non-hydrogen) atoms. The standard InChI is InChI=1S/C24H26O6S/c1-3-23(27)29-15-19(25)13-17-5-9-21(10-6-17)31-22-11-7-18(8-12-22)14-20(26)16-30-24(28)4-2/h3-12,19-20,25-26H,1-2,13-16H2. The topological polar surface area (TPSA) is 93.1 Å². The second-order valence-electron chi connectivity index (χ2n) is 6.77. The maximum atomic E-state index is 11.0. The molecule has 2 rings (SSSR count). The largest absolute Gasteiger partial charge is 0.460 e. The highest BCUT2D eigenvalue weighted by atomic mass is 32.2. The van der Waals surface area contributed by atoms with Crippen molar-refractivity contribution in [3.8, 4) is 0 Å². The molecule has 0 heterocycles. The first kappa shape index (κ1) is 24.4. The molecule has 164 valence electrons. The smallest absolute Gasteiger partial charge is 0.330 e. The zero-order valence-electron chi connectivity index (χ0n) is 17.1. The number of hydrogen-bond donors (Lipinski definition) is 2. The van der Waals surface area contributed by atoms with Gasteiger partial charge < -0.3 is 19.7 Å². The third-order valence-corrected chi connectivity index (χ3v) is 5.21. The van der Waals surface area contributed by atoms with Gasteiger partial charge in [-0.1, -0.05) is 49.2 Å². The van der Waals surface area contributed by atoms with E-state index in [-0.39, 0.29) is 13.2 Å². The summed E-state index contributed by atoms with van der Waals surface area (Å²) in [4.78, 5) is 24.2. The highest BCUT2D eigenvalue weighted by molar-refractivity contribution is 7.99. The Morgan fingerprint density at radius 3 is 1.45 bits per heavy atom. The molecule has 0 bridgehead atoms. The maximum Gasteiger partial charge on any atom is 0.330 e. The predicted molar refractivity (Wildman–Crippen MR) is 119 cm³/mol. The maximum absolute atomic E-state index is 11.0. The van der Waals surface area contributed by atoms with Crippen molar-refractivity contribution in [1.82, 2.24) is 0 Å². The molecule has 0 saturated heterocycles. The van der Waals surface area contributed by atoms with E-state index in [0.29, 0.717) is 12.8 Å². The monoisotopic (exact) mass is 442 g/mol. The van der Waals surface area contributed by atoms with Crippen molar-refractivity contribution in [2.24, 2.45) is 0 Å². The first-order valence-electron chi connectivity index (χ1n) is 9.70. The number of hydrogen-bond acceptors (Lipinski definition) is 7. The Labute approximate surface area is 186 Å². The summed E-state index contributed by atoms with van der Waals surface area (Å²) in [5, 5.41) is 19.9. The normalized spacial score (nSPS) is 12.5. The highest BCUT2D eigenvalue weighted by Gasteiger charge is 2.10. The van der Waals surface area contributed by atoms with Gasteiger partial charge in [-0.2, -0.15) is 0 Å². The second-order valence-corrected chi connectivity index (χ2v) is 7.92. The van der Waals surface area contributed by atoms with E-state index in [2.05, 4.69) is 13.2 Å². The first-order valence-corrected chi connectivity index (χ1v) is 10.5. The number of benzene rings is 2. The Balaban J connectivity index is 1.82. The molecule has 2 aromatic carbocycles. The summed E-state index contributed by atoms with van der Waals surface area (Å²) in [6, 6.07) is 15.6. The number of aliphatic hydroxyl groups is 2. The third-order valence-electron chi connectivity index (χ3n) is 4.19. The van der Waals surface area contributed by atoms with Crippen molar-refractivity contribution in [3.05, 3.63) is 85.0 Å². The summed E-state index contributed by atoms with van der Waals surface area (Å²) in [7, 11) is 0. The van der Waals surface area contributed by atoms with Crippen LogP contribution in [0.3, 0.4) is 0 Å². The fourth-order valence-electron chi connectivity index (χ4n) is 2.66. The van der Waals surface area contributed by atoms with Crippen LogP contribution in [0, 0.1) is 0 Å². The van der Waals surface area contributed by atoms with Gasteiger partial charge in [-0.3, -0.25) is 0 Å². The Morgan fingerprint density at radius 2 is 1.13 bits per heavy atom. The van der Waals surface area contributed by atoms with Crippen LogP contribution in [-0.2, 0) is 31.9 Å². The number of rotatable bonds is 12. The Kier molecular flexibility index (Phi) is 10.0. The van der Waals surface area contributed by atoms with Gasteiger partial charge in [0.25, 0.3) is 0 Å². The minimum absolute atomic E-state index is 0.0703. The fraction of sp³-hybridized carbons (Fsp3) is 0.250. The average Bonchev–Trinajstić information content (AvgIpc) is 2.78. The lowest BCUT2D eigenvalue weighted by Gasteiger charge is -2.12. The van der Waals surface area contributed by atoms with Crippen LogP contribution in [-0.4, -0.2) is 47.6 Å². The number of ether oxygens (including phenoxy) is 2. The molecule has 0 amide bonds. The lowest BCUT2D eigenvalue weighted by molar-refractivity contribution is -0.141. The molecule has 0 saturated carbocycles. The van der Waals surface area contributed by atoms with Gasteiger partial charge in [-0.05, 0) is 35.4 Å². The van der Waals surface area contributed by atoms with Gasteiger partial charge in [-0.15, -0.1) is 0 Å². The van der Waals surface area contributed by atoms with Crippen LogP contribution in [0.5, 0.6) is 0 Å². The van der Waals surface area contributed by atoms with Crippen molar-refractivity contribution in [3.63, 3.8) is 0 Å². The molecule has 6 nitrogen and oxygen atoms in total. The number of carbonyl (C=O) groups excluding carboxylic acids is 2. The summed E-state index contributed by atoms with van der Waals surface area (Å²) in [6.07, 6.45) is 1.35. The van der Waals surface area contributed by atoms with E-state index in [4.69, 9.17) is 9.47 Å². The van der Waals surface area contributed by atoms with Crippen LogP contribution < -0.4 is 0 Å². The number of carbonyl (C=O) groups is 2. The van der Waals surface area contributed by atoms with E-state index in [1.807, 2.05) is 48.5 Å².